The van der Waals surface area contributed by atoms with E-state index in [9.17, 15) is 4.79 Å². The Morgan fingerprint density at radius 1 is 1.43 bits per heavy atom. The van der Waals surface area contributed by atoms with Crippen LogP contribution < -0.4 is 5.73 Å². The van der Waals surface area contributed by atoms with E-state index in [1.807, 2.05) is 13.8 Å². The number of amides is 1. The second kappa shape index (κ2) is 8.39. The number of aliphatic hydroxyl groups excluding tert-OH is 1. The van der Waals surface area contributed by atoms with Crippen LogP contribution in [0.5, 0.6) is 0 Å². The number of rotatable bonds is 8. The Kier molecular flexibility index (Phi) is 6.84. The molecule has 1 aromatic heterocycles. The summed E-state index contributed by atoms with van der Waals surface area (Å²) < 4.78 is 10.8. The molecule has 116 valence electrons. The number of hydrogen-bond donors (Lipinski definition) is 2. The second-order valence-corrected chi connectivity index (χ2v) is 5.03. The van der Waals surface area contributed by atoms with Gasteiger partial charge in [0.2, 0.25) is 0 Å². The maximum absolute atomic E-state index is 11.4. The van der Waals surface area contributed by atoms with Crippen molar-refractivity contribution in [2.45, 2.75) is 33.7 Å². The molecule has 0 bridgehead atoms. The minimum atomic E-state index is -0.679. The lowest BCUT2D eigenvalue weighted by Crippen LogP contribution is -2.23. The summed E-state index contributed by atoms with van der Waals surface area (Å²) in [5.41, 5.74) is 6.49. The number of nitrogens with two attached hydrogens (primary N) is 1. The van der Waals surface area contributed by atoms with Crippen LogP contribution in [0, 0.1) is 5.92 Å². The van der Waals surface area contributed by atoms with Crippen molar-refractivity contribution < 1.29 is 19.4 Å². The molecule has 0 aliphatic rings. The van der Waals surface area contributed by atoms with Gasteiger partial charge in [-0.1, -0.05) is 19.9 Å². The van der Waals surface area contributed by atoms with Crippen molar-refractivity contribution in [1.82, 2.24) is 4.98 Å². The molecular formula is C15H22N2O4. The van der Waals surface area contributed by atoms with Gasteiger partial charge in [-0.05, 0) is 30.5 Å². The minimum Gasteiger partial charge on any atom is -0.459 e. The molecular weight excluding hydrogens is 272 g/mol. The lowest BCUT2D eigenvalue weighted by atomic mass is 10.2. The molecule has 0 saturated heterocycles. The summed E-state index contributed by atoms with van der Waals surface area (Å²) in [5, 5.41) is 8.93. The van der Waals surface area contributed by atoms with Gasteiger partial charge in [0.15, 0.2) is 12.0 Å². The molecule has 0 radical (unpaired) electrons. The predicted octanol–water partition coefficient (Wildman–Crippen LogP) is 1.44. The average Bonchev–Trinajstić information content (AvgIpc) is 2.45. The number of primary amides is 1. The fourth-order valence-electron chi connectivity index (χ4n) is 1.47. The summed E-state index contributed by atoms with van der Waals surface area (Å²) in [6.45, 7) is 6.13. The Labute approximate surface area is 124 Å². The maximum Gasteiger partial charge on any atom is 0.283 e. The molecule has 1 rings (SSSR count). The molecule has 0 aliphatic heterocycles. The van der Waals surface area contributed by atoms with Gasteiger partial charge < -0.3 is 20.3 Å². The highest BCUT2D eigenvalue weighted by Crippen LogP contribution is 2.11. The van der Waals surface area contributed by atoms with E-state index >= 15 is 0 Å². The third-order valence-electron chi connectivity index (χ3n) is 2.51. The zero-order valence-corrected chi connectivity index (χ0v) is 12.6. The van der Waals surface area contributed by atoms with Crippen LogP contribution in [0.25, 0.3) is 6.08 Å². The first-order chi connectivity index (χ1) is 9.92. The largest absolute Gasteiger partial charge is 0.459 e. The molecule has 1 aromatic rings. The average molecular weight is 294 g/mol. The van der Waals surface area contributed by atoms with E-state index in [1.54, 1.807) is 19.1 Å². The van der Waals surface area contributed by atoms with Crippen LogP contribution in [-0.2, 0) is 20.9 Å². The predicted molar refractivity (Wildman–Crippen MR) is 78.7 cm³/mol. The van der Waals surface area contributed by atoms with Crippen LogP contribution in [0.2, 0.25) is 0 Å². The van der Waals surface area contributed by atoms with Crippen LogP contribution >= 0.6 is 0 Å². The molecule has 3 N–H and O–H groups in total. The monoisotopic (exact) mass is 294 g/mol. The first-order valence-electron chi connectivity index (χ1n) is 6.78. The van der Waals surface area contributed by atoms with Gasteiger partial charge in [0.05, 0.1) is 18.9 Å². The summed E-state index contributed by atoms with van der Waals surface area (Å²) in [4.78, 5) is 15.4. The van der Waals surface area contributed by atoms with Gasteiger partial charge >= 0.3 is 0 Å². The van der Waals surface area contributed by atoms with Crippen molar-refractivity contribution in [3.05, 3.63) is 35.3 Å². The summed E-state index contributed by atoms with van der Waals surface area (Å²) in [6, 6.07) is 3.37. The highest BCUT2D eigenvalue weighted by atomic mass is 16.7. The normalized spacial score (nSPS) is 13.3. The number of pyridine rings is 1. The molecule has 0 spiro atoms. The van der Waals surface area contributed by atoms with Crippen molar-refractivity contribution in [3.63, 3.8) is 0 Å². The van der Waals surface area contributed by atoms with Gasteiger partial charge in [0.25, 0.3) is 5.91 Å². The second-order valence-electron chi connectivity index (χ2n) is 5.03. The Bertz CT molecular complexity index is 483. The zero-order valence-electron chi connectivity index (χ0n) is 12.6. The molecule has 0 fully saturated rings. The van der Waals surface area contributed by atoms with E-state index in [4.69, 9.17) is 20.3 Å². The fraction of sp³-hybridized carbons (Fsp3) is 0.467. The Balaban J connectivity index is 2.75. The van der Waals surface area contributed by atoms with E-state index in [2.05, 4.69) is 4.98 Å². The molecule has 0 aliphatic carbocycles. The SMILES string of the molecule is CC(C)COC(C)O/C(=C/c1ccc(CO)nc1)C(N)=O. The van der Waals surface area contributed by atoms with Crippen molar-refractivity contribution in [2.24, 2.45) is 11.7 Å². The summed E-state index contributed by atoms with van der Waals surface area (Å²) in [6.07, 6.45) is 2.44. The highest BCUT2D eigenvalue weighted by Gasteiger charge is 2.12. The van der Waals surface area contributed by atoms with Crippen molar-refractivity contribution in [3.8, 4) is 0 Å². The lowest BCUT2D eigenvalue weighted by Gasteiger charge is -2.17. The molecule has 1 heterocycles. The van der Waals surface area contributed by atoms with Gasteiger partial charge in [0.1, 0.15) is 0 Å². The molecule has 6 heteroatoms. The van der Waals surface area contributed by atoms with E-state index < -0.39 is 12.2 Å². The first-order valence-corrected chi connectivity index (χ1v) is 6.78. The number of carbonyl (C=O) groups is 1. The summed E-state index contributed by atoms with van der Waals surface area (Å²) in [5.74, 6) is -0.307. The number of carbonyl (C=O) groups excluding carboxylic acids is 1. The number of nitrogens with zero attached hydrogens (tertiary/aromatic N) is 1. The van der Waals surface area contributed by atoms with Crippen LogP contribution in [0.1, 0.15) is 32.0 Å². The molecule has 1 atom stereocenters. The number of ether oxygens (including phenoxy) is 2. The van der Waals surface area contributed by atoms with Crippen molar-refractivity contribution >= 4 is 12.0 Å². The highest BCUT2D eigenvalue weighted by molar-refractivity contribution is 5.94. The van der Waals surface area contributed by atoms with Gasteiger partial charge in [-0.25, -0.2) is 0 Å². The molecule has 0 aromatic carbocycles. The molecule has 0 saturated carbocycles. The van der Waals surface area contributed by atoms with Crippen LogP contribution in [0.15, 0.2) is 24.1 Å². The topological polar surface area (TPSA) is 94.7 Å². The third kappa shape index (κ3) is 6.37. The molecule has 1 amide bonds. The molecule has 21 heavy (non-hydrogen) atoms. The van der Waals surface area contributed by atoms with Crippen molar-refractivity contribution in [1.29, 1.82) is 0 Å². The van der Waals surface area contributed by atoms with E-state index in [1.165, 1.54) is 12.3 Å². The van der Waals surface area contributed by atoms with Gasteiger partial charge in [-0.3, -0.25) is 9.78 Å². The molecule has 1 unspecified atom stereocenters. The van der Waals surface area contributed by atoms with Gasteiger partial charge in [-0.15, -0.1) is 0 Å². The van der Waals surface area contributed by atoms with Crippen LogP contribution in [-0.4, -0.2) is 28.9 Å². The standard InChI is InChI=1S/C15H22N2O4/c1-10(2)9-20-11(3)21-14(15(16)19)6-12-4-5-13(8-18)17-7-12/h4-7,10-11,18H,8-9H2,1-3H3,(H2,16,19)/b14-6+. The lowest BCUT2D eigenvalue weighted by molar-refractivity contribution is -0.133. The first kappa shape index (κ1) is 17.1. The van der Waals surface area contributed by atoms with Crippen LogP contribution in [0.3, 0.4) is 0 Å². The van der Waals surface area contributed by atoms with E-state index in [0.717, 1.165) is 0 Å². The van der Waals surface area contributed by atoms with Crippen molar-refractivity contribution in [2.75, 3.05) is 6.61 Å². The maximum atomic E-state index is 11.4. The van der Waals surface area contributed by atoms with E-state index in [0.29, 0.717) is 23.8 Å². The smallest absolute Gasteiger partial charge is 0.283 e. The summed E-state index contributed by atoms with van der Waals surface area (Å²) in [7, 11) is 0. The number of aliphatic hydroxyl groups is 1. The van der Waals surface area contributed by atoms with Crippen LogP contribution in [0.4, 0.5) is 0 Å². The third-order valence-corrected chi connectivity index (χ3v) is 2.51. The van der Waals surface area contributed by atoms with Gasteiger partial charge in [-0.2, -0.15) is 0 Å². The van der Waals surface area contributed by atoms with E-state index in [-0.39, 0.29) is 12.4 Å². The minimum absolute atomic E-state index is 0.00445. The number of aromatic nitrogens is 1. The zero-order chi connectivity index (χ0) is 15.8. The Hall–Kier alpha value is -1.92. The quantitative estimate of drug-likeness (QED) is 0.430. The van der Waals surface area contributed by atoms with Gasteiger partial charge in [0, 0.05) is 6.20 Å². The fourth-order valence-corrected chi connectivity index (χ4v) is 1.47. The summed E-state index contributed by atoms with van der Waals surface area (Å²) >= 11 is 0. The molecule has 6 nitrogen and oxygen atoms in total. The Morgan fingerprint density at radius 3 is 2.62 bits per heavy atom. The number of hydrogen-bond acceptors (Lipinski definition) is 5. The Morgan fingerprint density at radius 2 is 2.14 bits per heavy atom.